The third-order valence-corrected chi connectivity index (χ3v) is 9.24. The van der Waals surface area contributed by atoms with E-state index in [0.717, 1.165) is 19.3 Å². The Kier molecular flexibility index (Phi) is 4.03. The van der Waals surface area contributed by atoms with E-state index in [-0.39, 0.29) is 40.8 Å². The van der Waals surface area contributed by atoms with Crippen molar-refractivity contribution in [1.82, 2.24) is 0 Å². The molecule has 0 heterocycles. The predicted molar refractivity (Wildman–Crippen MR) is 104 cm³/mol. The Labute approximate surface area is 163 Å². The number of methoxy groups -OCH3 is 1. The Morgan fingerprint density at radius 3 is 2.41 bits per heavy atom. The van der Waals surface area contributed by atoms with Gasteiger partial charge in [-0.1, -0.05) is 46.8 Å². The van der Waals surface area contributed by atoms with Crippen molar-refractivity contribution in [3.8, 4) is 0 Å². The van der Waals surface area contributed by atoms with Crippen LogP contribution in [0.1, 0.15) is 60.8 Å². The van der Waals surface area contributed by atoms with E-state index in [1.54, 1.807) is 7.11 Å². The van der Waals surface area contributed by atoms with Gasteiger partial charge in [0.25, 0.3) is 0 Å². The van der Waals surface area contributed by atoms with E-state index >= 15 is 0 Å². The van der Waals surface area contributed by atoms with Gasteiger partial charge in [-0.25, -0.2) is 0 Å². The first-order valence-corrected chi connectivity index (χ1v) is 10.5. The average molecular weight is 377 g/mol. The zero-order valence-corrected chi connectivity index (χ0v) is 17.9. The number of carbonyl (C=O) groups is 1. The molecule has 4 aliphatic rings. The van der Waals surface area contributed by atoms with Gasteiger partial charge in [-0.15, -0.1) is 0 Å². The van der Waals surface area contributed by atoms with Crippen LogP contribution in [0.25, 0.3) is 0 Å². The summed E-state index contributed by atoms with van der Waals surface area (Å²) < 4.78 is 11.8. The topological polar surface area (TPSA) is 55.8 Å². The number of fused-ring (bicyclic) bond motifs is 5. The number of hydrogen-bond acceptors (Lipinski definition) is 4. The molecule has 3 fully saturated rings. The van der Waals surface area contributed by atoms with Gasteiger partial charge in [0, 0.05) is 24.9 Å². The number of ether oxygens (including phenoxy) is 2. The van der Waals surface area contributed by atoms with Gasteiger partial charge in [0.2, 0.25) is 0 Å². The van der Waals surface area contributed by atoms with E-state index in [1.165, 1.54) is 6.92 Å². The molecule has 0 radical (unpaired) electrons. The molecular weight excluding hydrogens is 340 g/mol. The zero-order valence-electron chi connectivity index (χ0n) is 17.9. The van der Waals surface area contributed by atoms with Crippen molar-refractivity contribution in [2.24, 2.45) is 39.9 Å². The van der Waals surface area contributed by atoms with Gasteiger partial charge in [-0.3, -0.25) is 4.79 Å². The quantitative estimate of drug-likeness (QED) is 0.585. The van der Waals surface area contributed by atoms with Crippen LogP contribution in [0.15, 0.2) is 12.2 Å². The minimum Gasteiger partial charge on any atom is -0.462 e. The lowest BCUT2D eigenvalue weighted by Gasteiger charge is -2.62. The number of allylic oxidation sites excluding steroid dienone is 1. The third kappa shape index (κ3) is 2.15. The van der Waals surface area contributed by atoms with Crippen molar-refractivity contribution in [2.75, 3.05) is 7.11 Å². The standard InChI is InChI=1S/C23H36O4/c1-13-10-16-15(19(13)26-7)12-22(6)18(27-14(2)24)11-17-20(3,4)8-9-21(17,5)23(16,22)25/h8-9,13,15-19,25H,10-12H2,1-7H3/t13-,15+,16+,17+,18-,19+,21-,22-,23-/m1/s1. The summed E-state index contributed by atoms with van der Waals surface area (Å²) in [7, 11) is 1.80. The molecule has 0 spiro atoms. The van der Waals surface area contributed by atoms with Crippen LogP contribution in [0.4, 0.5) is 0 Å². The molecule has 0 aromatic carbocycles. The molecule has 0 unspecified atom stereocenters. The molecule has 4 heteroatoms. The van der Waals surface area contributed by atoms with Gasteiger partial charge in [0.05, 0.1) is 11.7 Å². The first kappa shape index (κ1) is 19.4. The predicted octanol–water partition coefficient (Wildman–Crippen LogP) is 3.97. The molecule has 0 amide bonds. The highest BCUT2D eigenvalue weighted by Gasteiger charge is 2.78. The molecule has 4 nitrogen and oxygen atoms in total. The Morgan fingerprint density at radius 1 is 1.15 bits per heavy atom. The monoisotopic (exact) mass is 376 g/mol. The molecule has 0 saturated heterocycles. The number of hydrogen-bond donors (Lipinski definition) is 1. The van der Waals surface area contributed by atoms with Crippen LogP contribution >= 0.6 is 0 Å². The molecule has 1 N–H and O–H groups in total. The van der Waals surface area contributed by atoms with Crippen LogP contribution < -0.4 is 0 Å². The van der Waals surface area contributed by atoms with Crippen LogP contribution in [0.3, 0.4) is 0 Å². The summed E-state index contributed by atoms with van der Waals surface area (Å²) in [6, 6.07) is 0. The average Bonchev–Trinajstić information content (AvgIpc) is 3.09. The first-order valence-electron chi connectivity index (χ1n) is 10.5. The molecule has 4 rings (SSSR count). The number of rotatable bonds is 2. The van der Waals surface area contributed by atoms with E-state index in [1.807, 2.05) is 0 Å². The van der Waals surface area contributed by atoms with Crippen LogP contribution in [0.2, 0.25) is 0 Å². The van der Waals surface area contributed by atoms with Gasteiger partial charge < -0.3 is 14.6 Å². The van der Waals surface area contributed by atoms with Crippen molar-refractivity contribution >= 4 is 5.97 Å². The van der Waals surface area contributed by atoms with Gasteiger partial charge in [-0.05, 0) is 48.3 Å². The van der Waals surface area contributed by atoms with Gasteiger partial charge in [-0.2, -0.15) is 0 Å². The molecule has 27 heavy (non-hydrogen) atoms. The van der Waals surface area contributed by atoms with Crippen LogP contribution in [-0.2, 0) is 14.3 Å². The summed E-state index contributed by atoms with van der Waals surface area (Å²) in [5, 5.41) is 12.6. The highest BCUT2D eigenvalue weighted by molar-refractivity contribution is 5.66. The maximum atomic E-state index is 12.6. The summed E-state index contributed by atoms with van der Waals surface area (Å²) in [6.45, 7) is 12.6. The smallest absolute Gasteiger partial charge is 0.302 e. The van der Waals surface area contributed by atoms with Crippen molar-refractivity contribution in [3.05, 3.63) is 12.2 Å². The van der Waals surface area contributed by atoms with E-state index in [2.05, 4.69) is 46.8 Å². The largest absolute Gasteiger partial charge is 0.462 e. The zero-order chi connectivity index (χ0) is 20.0. The summed E-state index contributed by atoms with van der Waals surface area (Å²) in [5.41, 5.74) is -1.70. The molecule has 9 atom stereocenters. The second-order valence-electron chi connectivity index (χ2n) is 10.9. The summed E-state index contributed by atoms with van der Waals surface area (Å²) in [5.74, 6) is 0.929. The maximum absolute atomic E-state index is 12.6. The summed E-state index contributed by atoms with van der Waals surface area (Å²) >= 11 is 0. The fourth-order valence-electron chi connectivity index (χ4n) is 8.15. The number of aliphatic hydroxyl groups is 1. The van der Waals surface area contributed by atoms with Gasteiger partial charge in [0.15, 0.2) is 0 Å². The lowest BCUT2D eigenvalue weighted by molar-refractivity contribution is -0.250. The first-order chi connectivity index (χ1) is 12.4. The molecule has 0 aliphatic heterocycles. The fraction of sp³-hybridized carbons (Fsp3) is 0.870. The molecule has 0 bridgehead atoms. The normalized spacial score (nSPS) is 55.1. The molecule has 0 aromatic heterocycles. The van der Waals surface area contributed by atoms with Crippen molar-refractivity contribution in [2.45, 2.75) is 78.6 Å². The summed E-state index contributed by atoms with van der Waals surface area (Å²) in [6.07, 6.45) is 7.11. The Balaban J connectivity index is 1.87. The molecule has 3 saturated carbocycles. The highest BCUT2D eigenvalue weighted by atomic mass is 16.5. The maximum Gasteiger partial charge on any atom is 0.302 e. The minimum atomic E-state index is -0.903. The van der Waals surface area contributed by atoms with Crippen molar-refractivity contribution in [3.63, 3.8) is 0 Å². The van der Waals surface area contributed by atoms with Gasteiger partial charge >= 0.3 is 5.97 Å². The lowest BCUT2D eigenvalue weighted by atomic mass is 9.46. The third-order valence-electron chi connectivity index (χ3n) is 9.24. The van der Waals surface area contributed by atoms with Crippen LogP contribution in [0, 0.1) is 39.9 Å². The van der Waals surface area contributed by atoms with E-state index in [9.17, 15) is 9.90 Å². The van der Waals surface area contributed by atoms with Crippen LogP contribution in [-0.4, -0.2) is 36.0 Å². The molecule has 0 aromatic rings. The number of esters is 1. The number of carbonyl (C=O) groups excluding carboxylic acids is 1. The van der Waals surface area contributed by atoms with E-state index in [0.29, 0.717) is 11.8 Å². The Hall–Kier alpha value is -0.870. The minimum absolute atomic E-state index is 0.0207. The molecule has 152 valence electrons. The Morgan fingerprint density at radius 2 is 1.81 bits per heavy atom. The SMILES string of the molecule is CO[C@@H]1[C@H]2C[C@]3(C)[C@H](OC(C)=O)C[C@H]4C(C)(C)C=C[C@@]4(C)[C@]3(O)[C@H]2C[C@H]1C. The molecular formula is C23H36O4. The fourth-order valence-corrected chi connectivity index (χ4v) is 8.15. The lowest BCUT2D eigenvalue weighted by Crippen LogP contribution is -2.68. The van der Waals surface area contributed by atoms with Gasteiger partial charge in [0.1, 0.15) is 6.10 Å². The van der Waals surface area contributed by atoms with Crippen LogP contribution in [0.5, 0.6) is 0 Å². The summed E-state index contributed by atoms with van der Waals surface area (Å²) in [4.78, 5) is 12.0. The molecule has 4 aliphatic carbocycles. The second-order valence-corrected chi connectivity index (χ2v) is 10.9. The van der Waals surface area contributed by atoms with E-state index in [4.69, 9.17) is 9.47 Å². The Bertz CT molecular complexity index is 684. The second kappa shape index (κ2) is 5.60. The van der Waals surface area contributed by atoms with Crippen molar-refractivity contribution in [1.29, 1.82) is 0 Å². The van der Waals surface area contributed by atoms with E-state index < -0.39 is 11.0 Å². The van der Waals surface area contributed by atoms with Crippen molar-refractivity contribution < 1.29 is 19.4 Å². The highest BCUT2D eigenvalue weighted by Crippen LogP contribution is 2.75.